The number of nitrogens with one attached hydrogen (secondary N) is 1. The molecule has 0 fully saturated rings. The zero-order valence-electron chi connectivity index (χ0n) is 11.3. The van der Waals surface area contributed by atoms with Crippen molar-refractivity contribution in [1.82, 2.24) is 9.97 Å². The van der Waals surface area contributed by atoms with E-state index in [0.717, 1.165) is 29.1 Å². The Morgan fingerprint density at radius 1 is 1.35 bits per heavy atom. The first-order chi connectivity index (χ1) is 7.82. The lowest BCUT2D eigenvalue weighted by Crippen LogP contribution is -2.31. The summed E-state index contributed by atoms with van der Waals surface area (Å²) in [5.74, 6) is 1.79. The lowest BCUT2D eigenvalue weighted by molar-refractivity contribution is 0.358. The van der Waals surface area contributed by atoms with Crippen LogP contribution in [0, 0.1) is 5.41 Å². The van der Waals surface area contributed by atoms with Gasteiger partial charge in [0.05, 0.1) is 0 Å². The van der Waals surface area contributed by atoms with Gasteiger partial charge in [0.2, 0.25) is 0 Å². The first-order valence-electron chi connectivity index (χ1n) is 6.13. The number of aromatic nitrogens is 2. The van der Waals surface area contributed by atoms with E-state index in [9.17, 15) is 0 Å². The van der Waals surface area contributed by atoms with E-state index >= 15 is 0 Å². The van der Waals surface area contributed by atoms with Crippen LogP contribution in [0.4, 0.5) is 5.82 Å². The maximum atomic E-state index is 4.52. The van der Waals surface area contributed by atoms with Crippen molar-refractivity contribution >= 4 is 21.7 Å². The smallest absolute Gasteiger partial charge is 0.132 e. The number of aryl methyl sites for hydroxylation is 1. The molecule has 0 bridgehead atoms. The molecule has 0 aliphatic rings. The molecule has 1 rings (SSSR count). The Labute approximate surface area is 113 Å². The van der Waals surface area contributed by atoms with Gasteiger partial charge in [0, 0.05) is 18.5 Å². The van der Waals surface area contributed by atoms with Gasteiger partial charge in [-0.15, -0.1) is 0 Å². The molecule has 0 amide bonds. The van der Waals surface area contributed by atoms with E-state index < -0.39 is 0 Å². The predicted molar refractivity (Wildman–Crippen MR) is 76.3 cm³/mol. The molecule has 0 aliphatic carbocycles. The molecule has 1 N–H and O–H groups in total. The summed E-state index contributed by atoms with van der Waals surface area (Å²) in [4.78, 5) is 8.88. The summed E-state index contributed by atoms with van der Waals surface area (Å²) in [7, 11) is 0. The molecular weight excluding hydrogens is 278 g/mol. The monoisotopic (exact) mass is 299 g/mol. The van der Waals surface area contributed by atoms with Crippen molar-refractivity contribution in [3.05, 3.63) is 16.5 Å². The van der Waals surface area contributed by atoms with Crippen LogP contribution in [0.15, 0.2) is 10.7 Å². The minimum atomic E-state index is 0.211. The second-order valence-corrected chi connectivity index (χ2v) is 6.29. The highest BCUT2D eigenvalue weighted by atomic mass is 79.9. The van der Waals surface area contributed by atoms with Crippen molar-refractivity contribution in [2.24, 2.45) is 5.41 Å². The fraction of sp³-hybridized carbons (Fsp3) is 0.692. The Morgan fingerprint density at radius 2 is 2.00 bits per heavy atom. The van der Waals surface area contributed by atoms with Crippen LogP contribution >= 0.6 is 15.9 Å². The predicted octanol–water partition coefficient (Wildman–Crippen LogP) is 4.04. The van der Waals surface area contributed by atoms with E-state index in [1.54, 1.807) is 0 Å². The lowest BCUT2D eigenvalue weighted by atomic mass is 9.88. The third-order valence-electron chi connectivity index (χ3n) is 2.88. The van der Waals surface area contributed by atoms with Crippen LogP contribution in [-0.2, 0) is 6.42 Å². The summed E-state index contributed by atoms with van der Waals surface area (Å²) in [5.41, 5.74) is 0.211. The Balaban J connectivity index is 2.84. The Kier molecular flexibility index (Phi) is 4.92. The molecule has 0 radical (unpaired) electrons. The molecule has 1 atom stereocenters. The van der Waals surface area contributed by atoms with E-state index in [0.29, 0.717) is 6.04 Å². The van der Waals surface area contributed by atoms with Crippen LogP contribution in [0.25, 0.3) is 0 Å². The third-order valence-corrected chi connectivity index (χ3v) is 3.28. The maximum absolute atomic E-state index is 4.52. The van der Waals surface area contributed by atoms with Crippen molar-refractivity contribution in [2.75, 3.05) is 5.32 Å². The van der Waals surface area contributed by atoms with Gasteiger partial charge in [-0.05, 0) is 34.7 Å². The van der Waals surface area contributed by atoms with E-state index in [4.69, 9.17) is 0 Å². The molecule has 4 heteroatoms. The van der Waals surface area contributed by atoms with Crippen molar-refractivity contribution in [3.8, 4) is 0 Å². The number of nitrogens with zero attached hydrogens (tertiary/aromatic N) is 2. The fourth-order valence-electron chi connectivity index (χ4n) is 1.31. The molecule has 1 aromatic heterocycles. The summed E-state index contributed by atoms with van der Waals surface area (Å²) >= 11 is 3.43. The van der Waals surface area contributed by atoms with Gasteiger partial charge in [-0.25, -0.2) is 9.97 Å². The SMILES string of the molecule is CCCc1nc(Br)cc(NC(C)C(C)(C)C)n1. The average molecular weight is 300 g/mol. The molecular formula is C13H22BrN3. The topological polar surface area (TPSA) is 37.8 Å². The summed E-state index contributed by atoms with van der Waals surface area (Å²) in [6, 6.07) is 2.29. The van der Waals surface area contributed by atoms with Crippen LogP contribution < -0.4 is 5.32 Å². The average Bonchev–Trinajstić information content (AvgIpc) is 2.15. The van der Waals surface area contributed by atoms with Crippen molar-refractivity contribution < 1.29 is 0 Å². The van der Waals surface area contributed by atoms with Crippen LogP contribution in [0.5, 0.6) is 0 Å². The van der Waals surface area contributed by atoms with Crippen molar-refractivity contribution in [2.45, 2.75) is 53.5 Å². The number of hydrogen-bond acceptors (Lipinski definition) is 3. The summed E-state index contributed by atoms with van der Waals surface area (Å²) in [5, 5.41) is 3.44. The van der Waals surface area contributed by atoms with Crippen molar-refractivity contribution in [3.63, 3.8) is 0 Å². The Bertz CT molecular complexity index is 371. The van der Waals surface area contributed by atoms with Gasteiger partial charge < -0.3 is 5.32 Å². The summed E-state index contributed by atoms with van der Waals surface area (Å²) in [6.07, 6.45) is 1.97. The number of hydrogen-bond donors (Lipinski definition) is 1. The second kappa shape index (κ2) is 5.80. The minimum absolute atomic E-state index is 0.211. The van der Waals surface area contributed by atoms with E-state index in [2.05, 4.69) is 65.8 Å². The maximum Gasteiger partial charge on any atom is 0.132 e. The molecule has 1 aromatic rings. The zero-order chi connectivity index (χ0) is 13.1. The number of halogens is 1. The van der Waals surface area contributed by atoms with Crippen LogP contribution in [0.3, 0.4) is 0 Å². The second-order valence-electron chi connectivity index (χ2n) is 5.47. The molecule has 0 saturated heterocycles. The first kappa shape index (κ1) is 14.4. The standard InChI is InChI=1S/C13H22BrN3/c1-6-7-11-16-10(14)8-12(17-11)15-9(2)13(3,4)5/h8-9H,6-7H2,1-5H3,(H,15,16,17). The van der Waals surface area contributed by atoms with Crippen LogP contribution in [-0.4, -0.2) is 16.0 Å². The van der Waals surface area contributed by atoms with E-state index in [-0.39, 0.29) is 5.41 Å². The molecule has 0 aliphatic heterocycles. The largest absolute Gasteiger partial charge is 0.367 e. The Hall–Kier alpha value is -0.640. The Morgan fingerprint density at radius 3 is 2.53 bits per heavy atom. The highest BCUT2D eigenvalue weighted by molar-refractivity contribution is 9.10. The normalized spacial score (nSPS) is 13.5. The third kappa shape index (κ3) is 4.62. The van der Waals surface area contributed by atoms with E-state index in [1.165, 1.54) is 0 Å². The molecule has 1 unspecified atom stereocenters. The first-order valence-corrected chi connectivity index (χ1v) is 6.92. The fourth-order valence-corrected chi connectivity index (χ4v) is 1.73. The quantitative estimate of drug-likeness (QED) is 0.853. The van der Waals surface area contributed by atoms with Crippen molar-refractivity contribution in [1.29, 1.82) is 0 Å². The van der Waals surface area contributed by atoms with Gasteiger partial charge in [0.1, 0.15) is 16.2 Å². The minimum Gasteiger partial charge on any atom is -0.367 e. The molecule has 0 saturated carbocycles. The lowest BCUT2D eigenvalue weighted by Gasteiger charge is -2.28. The van der Waals surface area contributed by atoms with Gasteiger partial charge in [-0.1, -0.05) is 27.7 Å². The van der Waals surface area contributed by atoms with Gasteiger partial charge in [-0.3, -0.25) is 0 Å². The molecule has 96 valence electrons. The van der Waals surface area contributed by atoms with Gasteiger partial charge in [-0.2, -0.15) is 0 Å². The van der Waals surface area contributed by atoms with Gasteiger partial charge >= 0.3 is 0 Å². The summed E-state index contributed by atoms with van der Waals surface area (Å²) < 4.78 is 0.847. The van der Waals surface area contributed by atoms with E-state index in [1.807, 2.05) is 6.07 Å². The van der Waals surface area contributed by atoms with Gasteiger partial charge in [0.15, 0.2) is 0 Å². The zero-order valence-corrected chi connectivity index (χ0v) is 12.9. The number of anilines is 1. The highest BCUT2D eigenvalue weighted by Crippen LogP contribution is 2.23. The highest BCUT2D eigenvalue weighted by Gasteiger charge is 2.20. The van der Waals surface area contributed by atoms with Crippen LogP contribution in [0.2, 0.25) is 0 Å². The van der Waals surface area contributed by atoms with Gasteiger partial charge in [0.25, 0.3) is 0 Å². The van der Waals surface area contributed by atoms with Crippen LogP contribution in [0.1, 0.15) is 46.9 Å². The molecule has 0 aromatic carbocycles. The molecule has 17 heavy (non-hydrogen) atoms. The number of rotatable bonds is 4. The summed E-state index contributed by atoms with van der Waals surface area (Å²) in [6.45, 7) is 11.0. The molecule has 0 spiro atoms. The molecule has 3 nitrogen and oxygen atoms in total. The molecule has 1 heterocycles.